The van der Waals surface area contributed by atoms with Crippen molar-refractivity contribution in [2.24, 2.45) is 0 Å². The van der Waals surface area contributed by atoms with Gasteiger partial charge in [0.25, 0.3) is 0 Å². The quantitative estimate of drug-likeness (QED) is 0.170. The largest absolute Gasteiger partial charge is 0.309 e. The SMILES string of the molecule is c1ccc(-c2cccc(-c3nc(-c4cccc(-c5cccc(-c6cccc7c6c6ccccc6n7-c6ccccc6)c5)c4)nc4c3sc3ccccc34)c2)cc1. The number of benzene rings is 8. The van der Waals surface area contributed by atoms with E-state index < -0.39 is 0 Å². The Balaban J connectivity index is 1.04. The molecule has 0 N–H and O–H groups in total. The zero-order chi connectivity index (χ0) is 37.0. The second-order valence-electron chi connectivity index (χ2n) is 14.2. The molecule has 0 aliphatic heterocycles. The summed E-state index contributed by atoms with van der Waals surface area (Å²) in [6, 6.07) is 71.4. The Bertz CT molecular complexity index is 3250. The maximum absolute atomic E-state index is 5.36. The van der Waals surface area contributed by atoms with Gasteiger partial charge >= 0.3 is 0 Å². The van der Waals surface area contributed by atoms with Gasteiger partial charge in [0.1, 0.15) is 0 Å². The summed E-state index contributed by atoms with van der Waals surface area (Å²) in [4.78, 5) is 10.6. The Morgan fingerprint density at radius 3 is 1.75 bits per heavy atom. The monoisotopic (exact) mass is 731 g/mol. The fourth-order valence-corrected chi connectivity index (χ4v) is 9.37. The lowest BCUT2D eigenvalue weighted by Gasteiger charge is -2.11. The van der Waals surface area contributed by atoms with E-state index in [1.54, 1.807) is 11.3 Å². The highest BCUT2D eigenvalue weighted by Crippen LogP contribution is 2.42. The van der Waals surface area contributed by atoms with E-state index in [0.29, 0.717) is 0 Å². The van der Waals surface area contributed by atoms with Gasteiger partial charge in [-0.2, -0.15) is 0 Å². The predicted octanol–water partition coefficient (Wildman–Crippen LogP) is 14.3. The molecule has 262 valence electrons. The average molecular weight is 732 g/mol. The van der Waals surface area contributed by atoms with E-state index >= 15 is 0 Å². The minimum absolute atomic E-state index is 0.720. The van der Waals surface area contributed by atoms with Gasteiger partial charge in [0.2, 0.25) is 0 Å². The van der Waals surface area contributed by atoms with E-state index in [1.165, 1.54) is 48.8 Å². The van der Waals surface area contributed by atoms with E-state index in [4.69, 9.17) is 9.97 Å². The topological polar surface area (TPSA) is 30.7 Å². The van der Waals surface area contributed by atoms with Crippen LogP contribution in [0.4, 0.5) is 0 Å². The van der Waals surface area contributed by atoms with Gasteiger partial charge in [-0.05, 0) is 81.9 Å². The van der Waals surface area contributed by atoms with Gasteiger partial charge < -0.3 is 4.57 Å². The summed E-state index contributed by atoms with van der Waals surface area (Å²) >= 11 is 1.76. The number of hydrogen-bond donors (Lipinski definition) is 0. The molecule has 0 bridgehead atoms. The van der Waals surface area contributed by atoms with E-state index in [-0.39, 0.29) is 0 Å². The summed E-state index contributed by atoms with van der Waals surface area (Å²) in [5.41, 5.74) is 14.6. The first-order valence-corrected chi connectivity index (χ1v) is 19.7. The van der Waals surface area contributed by atoms with Crippen molar-refractivity contribution in [3.8, 4) is 61.7 Å². The third kappa shape index (κ3) is 5.42. The Hall–Kier alpha value is -7.14. The van der Waals surface area contributed by atoms with E-state index in [0.717, 1.165) is 55.1 Å². The summed E-state index contributed by atoms with van der Waals surface area (Å²) in [7, 11) is 0. The smallest absolute Gasteiger partial charge is 0.160 e. The van der Waals surface area contributed by atoms with Crippen molar-refractivity contribution in [2.45, 2.75) is 0 Å². The molecule has 0 aliphatic carbocycles. The molecule has 0 fully saturated rings. The first-order chi connectivity index (χ1) is 27.8. The summed E-state index contributed by atoms with van der Waals surface area (Å²) in [6.07, 6.45) is 0. The van der Waals surface area contributed by atoms with E-state index in [9.17, 15) is 0 Å². The van der Waals surface area contributed by atoms with Crippen molar-refractivity contribution in [2.75, 3.05) is 0 Å². The third-order valence-electron chi connectivity index (χ3n) is 10.8. The second-order valence-corrected chi connectivity index (χ2v) is 15.2. The van der Waals surface area contributed by atoms with Gasteiger partial charge in [-0.1, -0.05) is 152 Å². The lowest BCUT2D eigenvalue weighted by Crippen LogP contribution is -1.94. The van der Waals surface area contributed by atoms with Crippen LogP contribution in [0.5, 0.6) is 0 Å². The molecule has 0 atom stereocenters. The molecule has 0 saturated heterocycles. The molecule has 0 amide bonds. The van der Waals surface area contributed by atoms with Crippen LogP contribution in [0.1, 0.15) is 0 Å². The van der Waals surface area contributed by atoms with Gasteiger partial charge in [0.05, 0.1) is 26.9 Å². The van der Waals surface area contributed by atoms with Crippen LogP contribution in [0, 0.1) is 0 Å². The van der Waals surface area contributed by atoms with Crippen LogP contribution >= 0.6 is 11.3 Å². The van der Waals surface area contributed by atoms with Crippen molar-refractivity contribution in [1.29, 1.82) is 0 Å². The first-order valence-electron chi connectivity index (χ1n) is 18.9. The van der Waals surface area contributed by atoms with Crippen LogP contribution in [0.15, 0.2) is 200 Å². The maximum Gasteiger partial charge on any atom is 0.160 e. The third-order valence-corrected chi connectivity index (χ3v) is 12.0. The number of nitrogens with zero attached hydrogens (tertiary/aromatic N) is 3. The number of fused-ring (bicyclic) bond motifs is 6. The van der Waals surface area contributed by atoms with Crippen molar-refractivity contribution < 1.29 is 0 Å². The maximum atomic E-state index is 5.36. The van der Waals surface area contributed by atoms with Crippen LogP contribution in [-0.4, -0.2) is 14.5 Å². The normalized spacial score (nSPS) is 11.6. The van der Waals surface area contributed by atoms with Crippen molar-refractivity contribution in [1.82, 2.24) is 14.5 Å². The molecule has 0 aliphatic rings. The Labute approximate surface area is 328 Å². The number of para-hydroxylation sites is 2. The molecule has 4 heteroatoms. The summed E-state index contributed by atoms with van der Waals surface area (Å²) in [5.74, 6) is 0.720. The number of hydrogen-bond acceptors (Lipinski definition) is 3. The molecule has 3 nitrogen and oxygen atoms in total. The van der Waals surface area contributed by atoms with Crippen LogP contribution in [0.2, 0.25) is 0 Å². The minimum Gasteiger partial charge on any atom is -0.309 e. The molecular weight excluding hydrogens is 699 g/mol. The van der Waals surface area contributed by atoms with Gasteiger partial charge in [-0.15, -0.1) is 11.3 Å². The molecule has 3 heterocycles. The lowest BCUT2D eigenvalue weighted by molar-refractivity contribution is 1.18. The Morgan fingerprint density at radius 2 is 0.946 bits per heavy atom. The molecular formula is C52H33N3S. The molecule has 3 aromatic heterocycles. The summed E-state index contributed by atoms with van der Waals surface area (Å²) in [5, 5.41) is 3.66. The van der Waals surface area contributed by atoms with Gasteiger partial charge in [0, 0.05) is 37.7 Å². The predicted molar refractivity (Wildman–Crippen MR) is 236 cm³/mol. The van der Waals surface area contributed by atoms with Gasteiger partial charge in [-0.3, -0.25) is 0 Å². The Morgan fingerprint density at radius 1 is 0.393 bits per heavy atom. The van der Waals surface area contributed by atoms with Crippen LogP contribution < -0.4 is 0 Å². The van der Waals surface area contributed by atoms with E-state index in [2.05, 4.69) is 205 Å². The molecule has 0 radical (unpaired) electrons. The van der Waals surface area contributed by atoms with Crippen molar-refractivity contribution in [3.63, 3.8) is 0 Å². The highest BCUT2D eigenvalue weighted by molar-refractivity contribution is 7.26. The van der Waals surface area contributed by atoms with Crippen LogP contribution in [-0.2, 0) is 0 Å². The fourth-order valence-electron chi connectivity index (χ4n) is 8.21. The van der Waals surface area contributed by atoms with Crippen LogP contribution in [0.3, 0.4) is 0 Å². The molecule has 11 rings (SSSR count). The molecule has 11 aromatic rings. The molecule has 56 heavy (non-hydrogen) atoms. The Kier molecular flexibility index (Phi) is 7.68. The zero-order valence-electron chi connectivity index (χ0n) is 30.3. The van der Waals surface area contributed by atoms with Crippen molar-refractivity contribution in [3.05, 3.63) is 200 Å². The van der Waals surface area contributed by atoms with Crippen LogP contribution in [0.25, 0.3) is 104 Å². The lowest BCUT2D eigenvalue weighted by atomic mass is 9.95. The number of thiophene rings is 1. The highest BCUT2D eigenvalue weighted by atomic mass is 32.1. The second kappa shape index (κ2) is 13.3. The number of rotatable bonds is 6. The summed E-state index contributed by atoms with van der Waals surface area (Å²) in [6.45, 7) is 0. The standard InChI is InChI=1S/C52H33N3S/c1-3-15-34(16-4-1)35-17-12-21-39(32-35)49-51-50(44-26-8-10-30-47(44)56-51)54-52(53-49)40-22-13-19-37(33-40)36-18-11-20-38(31-36)42-27-14-29-46-48(42)43-25-7-9-28-45(43)55(46)41-23-5-2-6-24-41/h1-33H. The number of aromatic nitrogens is 3. The molecule has 0 saturated carbocycles. The fraction of sp³-hybridized carbons (Fsp3) is 0. The zero-order valence-corrected chi connectivity index (χ0v) is 31.1. The molecule has 0 spiro atoms. The molecule has 8 aromatic carbocycles. The first kappa shape index (κ1) is 32.3. The minimum atomic E-state index is 0.720. The van der Waals surface area contributed by atoms with E-state index in [1.807, 2.05) is 0 Å². The molecule has 0 unspecified atom stereocenters. The summed E-state index contributed by atoms with van der Waals surface area (Å²) < 4.78 is 4.69. The van der Waals surface area contributed by atoms with Crippen molar-refractivity contribution >= 4 is 53.4 Å². The van der Waals surface area contributed by atoms with Gasteiger partial charge in [-0.25, -0.2) is 9.97 Å². The average Bonchev–Trinajstić information content (AvgIpc) is 3.83. The highest BCUT2D eigenvalue weighted by Gasteiger charge is 2.19. The van der Waals surface area contributed by atoms with Gasteiger partial charge in [0.15, 0.2) is 5.82 Å².